The molecule has 1 fully saturated rings. The van der Waals surface area contributed by atoms with E-state index in [9.17, 15) is 0 Å². The van der Waals surface area contributed by atoms with Gasteiger partial charge in [0.05, 0.1) is 12.7 Å². The fraction of sp³-hybridized carbons (Fsp3) is 0.538. The van der Waals surface area contributed by atoms with Crippen LogP contribution in [0.1, 0.15) is 19.4 Å². The average Bonchev–Trinajstić information content (AvgIpc) is 2.75. The topological polar surface area (TPSA) is 41.5 Å². The third kappa shape index (κ3) is 1.86. The number of hydrogen-bond donors (Lipinski definition) is 2. The van der Waals surface area contributed by atoms with E-state index in [1.807, 2.05) is 18.2 Å². The molecule has 0 saturated carbocycles. The van der Waals surface area contributed by atoms with E-state index < -0.39 is 5.72 Å². The Balaban J connectivity index is 2.31. The summed E-state index contributed by atoms with van der Waals surface area (Å²) < 4.78 is 5.98. The average molecular weight is 221 g/mol. The lowest BCUT2D eigenvalue weighted by molar-refractivity contribution is -0.0994. The van der Waals surface area contributed by atoms with Crippen molar-refractivity contribution in [2.24, 2.45) is 5.92 Å². The van der Waals surface area contributed by atoms with Gasteiger partial charge >= 0.3 is 0 Å². The summed E-state index contributed by atoms with van der Waals surface area (Å²) in [5.74, 6) is 0.312. The second-order valence-electron chi connectivity index (χ2n) is 4.56. The first-order chi connectivity index (χ1) is 7.69. The van der Waals surface area contributed by atoms with Crippen molar-refractivity contribution >= 4 is 0 Å². The minimum atomic E-state index is -0.450. The van der Waals surface area contributed by atoms with Gasteiger partial charge in [0.25, 0.3) is 0 Å². The van der Waals surface area contributed by atoms with Gasteiger partial charge in [-0.3, -0.25) is 5.32 Å². The second-order valence-corrected chi connectivity index (χ2v) is 4.56. The van der Waals surface area contributed by atoms with Gasteiger partial charge in [-0.05, 0) is 5.56 Å². The minimum absolute atomic E-state index is 0.0638. The molecule has 88 valence electrons. The van der Waals surface area contributed by atoms with Gasteiger partial charge in [-0.15, -0.1) is 0 Å². The van der Waals surface area contributed by atoms with Crippen molar-refractivity contribution in [3.8, 4) is 0 Å². The molecule has 0 spiro atoms. The smallest absolute Gasteiger partial charge is 0.148 e. The Labute approximate surface area is 96.4 Å². The molecule has 2 N–H and O–H groups in total. The number of aliphatic hydroxyl groups is 1. The SMILES string of the molecule is CC(C)C1(c2ccccc2)NCC(CO)O1. The van der Waals surface area contributed by atoms with Crippen LogP contribution in [0, 0.1) is 5.92 Å². The van der Waals surface area contributed by atoms with E-state index >= 15 is 0 Å². The molecule has 1 heterocycles. The summed E-state index contributed by atoms with van der Waals surface area (Å²) in [5, 5.41) is 12.6. The number of rotatable bonds is 3. The third-order valence-corrected chi connectivity index (χ3v) is 3.16. The Morgan fingerprint density at radius 3 is 2.62 bits per heavy atom. The Kier molecular flexibility index (Phi) is 3.28. The van der Waals surface area contributed by atoms with Crippen LogP contribution in [0.4, 0.5) is 0 Å². The molecule has 1 aliphatic rings. The van der Waals surface area contributed by atoms with Crippen LogP contribution in [-0.2, 0) is 10.5 Å². The highest BCUT2D eigenvalue weighted by atomic mass is 16.5. The Morgan fingerprint density at radius 2 is 2.12 bits per heavy atom. The summed E-state index contributed by atoms with van der Waals surface area (Å²) >= 11 is 0. The molecule has 1 aromatic carbocycles. The maximum absolute atomic E-state index is 9.16. The molecule has 0 aromatic heterocycles. The second kappa shape index (κ2) is 4.53. The molecule has 0 bridgehead atoms. The summed E-state index contributed by atoms with van der Waals surface area (Å²) in [5.41, 5.74) is 0.676. The zero-order valence-electron chi connectivity index (χ0n) is 9.81. The van der Waals surface area contributed by atoms with E-state index in [0.717, 1.165) is 5.56 Å². The highest BCUT2D eigenvalue weighted by Crippen LogP contribution is 2.35. The van der Waals surface area contributed by atoms with Crippen LogP contribution < -0.4 is 5.32 Å². The van der Waals surface area contributed by atoms with E-state index in [0.29, 0.717) is 12.5 Å². The van der Waals surface area contributed by atoms with Crippen LogP contribution in [-0.4, -0.2) is 24.4 Å². The van der Waals surface area contributed by atoms with E-state index in [1.165, 1.54) is 0 Å². The van der Waals surface area contributed by atoms with Crippen LogP contribution >= 0.6 is 0 Å². The van der Waals surface area contributed by atoms with E-state index in [-0.39, 0.29) is 12.7 Å². The molecule has 2 rings (SSSR count). The van der Waals surface area contributed by atoms with Gasteiger partial charge in [0.15, 0.2) is 0 Å². The maximum atomic E-state index is 9.16. The van der Waals surface area contributed by atoms with E-state index in [2.05, 4.69) is 31.3 Å². The molecule has 0 amide bonds. The molecular formula is C13H19NO2. The molecule has 1 saturated heterocycles. The van der Waals surface area contributed by atoms with Crippen molar-refractivity contribution in [3.63, 3.8) is 0 Å². The van der Waals surface area contributed by atoms with Gasteiger partial charge in [-0.25, -0.2) is 0 Å². The molecule has 3 heteroatoms. The first kappa shape index (κ1) is 11.6. The standard InChI is InChI=1S/C13H19NO2/c1-10(2)13(11-6-4-3-5-7-11)14-8-12(9-15)16-13/h3-7,10,12,14-15H,8-9H2,1-2H3. The van der Waals surface area contributed by atoms with Crippen molar-refractivity contribution < 1.29 is 9.84 Å². The molecule has 1 aromatic rings. The zero-order chi connectivity index (χ0) is 11.6. The summed E-state index contributed by atoms with van der Waals surface area (Å²) in [7, 11) is 0. The number of nitrogens with one attached hydrogen (secondary N) is 1. The summed E-state index contributed by atoms with van der Waals surface area (Å²) in [4.78, 5) is 0. The number of benzene rings is 1. The molecule has 0 radical (unpaired) electrons. The lowest BCUT2D eigenvalue weighted by atomic mass is 9.92. The Hall–Kier alpha value is -0.900. The first-order valence-electron chi connectivity index (χ1n) is 5.78. The van der Waals surface area contributed by atoms with Crippen molar-refractivity contribution in [2.45, 2.75) is 25.7 Å². The molecule has 2 unspecified atom stereocenters. The first-order valence-corrected chi connectivity index (χ1v) is 5.78. The fourth-order valence-corrected chi connectivity index (χ4v) is 2.24. The van der Waals surface area contributed by atoms with Crippen LogP contribution in [0.3, 0.4) is 0 Å². The van der Waals surface area contributed by atoms with Gasteiger partial charge in [-0.2, -0.15) is 0 Å². The quantitative estimate of drug-likeness (QED) is 0.812. The van der Waals surface area contributed by atoms with Crippen LogP contribution in [0.2, 0.25) is 0 Å². The van der Waals surface area contributed by atoms with Gasteiger partial charge < -0.3 is 9.84 Å². The van der Waals surface area contributed by atoms with Crippen LogP contribution in [0.15, 0.2) is 30.3 Å². The summed E-state index contributed by atoms with van der Waals surface area (Å²) in [6.45, 7) is 5.01. The molecule has 0 aliphatic carbocycles. The van der Waals surface area contributed by atoms with Crippen LogP contribution in [0.25, 0.3) is 0 Å². The summed E-state index contributed by atoms with van der Waals surface area (Å²) in [6, 6.07) is 10.1. The van der Waals surface area contributed by atoms with E-state index in [4.69, 9.17) is 9.84 Å². The lowest BCUT2D eigenvalue weighted by Gasteiger charge is -2.34. The monoisotopic (exact) mass is 221 g/mol. The van der Waals surface area contributed by atoms with Crippen molar-refractivity contribution in [1.82, 2.24) is 5.32 Å². The molecule has 1 aliphatic heterocycles. The van der Waals surface area contributed by atoms with E-state index in [1.54, 1.807) is 0 Å². The predicted octanol–water partition coefficient (Wildman–Crippen LogP) is 1.48. The van der Waals surface area contributed by atoms with Gasteiger partial charge in [-0.1, -0.05) is 44.2 Å². The van der Waals surface area contributed by atoms with Crippen LogP contribution in [0.5, 0.6) is 0 Å². The number of ether oxygens (including phenoxy) is 1. The van der Waals surface area contributed by atoms with Gasteiger partial charge in [0, 0.05) is 12.5 Å². The van der Waals surface area contributed by atoms with Crippen molar-refractivity contribution in [3.05, 3.63) is 35.9 Å². The van der Waals surface area contributed by atoms with Gasteiger partial charge in [0.1, 0.15) is 5.72 Å². The molecule has 16 heavy (non-hydrogen) atoms. The van der Waals surface area contributed by atoms with Gasteiger partial charge in [0.2, 0.25) is 0 Å². The number of hydrogen-bond acceptors (Lipinski definition) is 3. The Morgan fingerprint density at radius 1 is 1.44 bits per heavy atom. The predicted molar refractivity (Wildman–Crippen MR) is 62.9 cm³/mol. The molecule has 3 nitrogen and oxygen atoms in total. The van der Waals surface area contributed by atoms with Crippen molar-refractivity contribution in [1.29, 1.82) is 0 Å². The third-order valence-electron chi connectivity index (χ3n) is 3.16. The molecular weight excluding hydrogens is 202 g/mol. The zero-order valence-corrected chi connectivity index (χ0v) is 9.81. The maximum Gasteiger partial charge on any atom is 0.148 e. The fourth-order valence-electron chi connectivity index (χ4n) is 2.24. The van der Waals surface area contributed by atoms with Crippen molar-refractivity contribution in [2.75, 3.05) is 13.2 Å². The highest BCUT2D eigenvalue weighted by Gasteiger charge is 2.43. The number of aliphatic hydroxyl groups excluding tert-OH is 1. The normalized spacial score (nSPS) is 29.9. The Bertz CT molecular complexity index is 339. The minimum Gasteiger partial charge on any atom is -0.394 e. The molecule has 2 atom stereocenters. The summed E-state index contributed by atoms with van der Waals surface area (Å²) in [6.07, 6.45) is -0.109. The highest BCUT2D eigenvalue weighted by molar-refractivity contribution is 5.24. The lowest BCUT2D eigenvalue weighted by Crippen LogP contribution is -2.43. The largest absolute Gasteiger partial charge is 0.394 e.